The number of imidazole rings is 1. The molecule has 0 spiro atoms. The minimum Gasteiger partial charge on any atom is -0.350 e. The average Bonchev–Trinajstić information content (AvgIpc) is 2.98. The summed E-state index contributed by atoms with van der Waals surface area (Å²) < 4.78 is 0. The second-order valence-electron chi connectivity index (χ2n) is 3.95. The lowest BCUT2D eigenvalue weighted by atomic mass is 10.2. The van der Waals surface area contributed by atoms with Crippen LogP contribution in [-0.2, 0) is 6.42 Å². The molecule has 6 heteroatoms. The number of carbonyl (C=O) groups excluding carboxylic acids is 1. The van der Waals surface area contributed by atoms with E-state index in [4.69, 9.17) is 5.73 Å². The fourth-order valence-electron chi connectivity index (χ4n) is 1.65. The van der Waals surface area contributed by atoms with Crippen LogP contribution in [0.5, 0.6) is 0 Å². The Morgan fingerprint density at radius 1 is 1.40 bits per heavy atom. The normalized spacial score (nSPS) is 9.65. The van der Waals surface area contributed by atoms with Gasteiger partial charge in [0.1, 0.15) is 11.5 Å². The Hall–Kier alpha value is -2.65. The monoisotopic (exact) mass is 269 g/mol. The molecule has 0 saturated carbocycles. The van der Waals surface area contributed by atoms with Crippen molar-refractivity contribution in [1.82, 2.24) is 20.3 Å². The number of nitrogens with two attached hydrogens (primary N) is 1. The third-order valence-corrected chi connectivity index (χ3v) is 2.55. The number of nitrogens with one attached hydrogen (secondary N) is 2. The van der Waals surface area contributed by atoms with E-state index in [0.29, 0.717) is 24.2 Å². The van der Waals surface area contributed by atoms with Crippen LogP contribution in [0.4, 0.5) is 0 Å². The molecule has 0 saturated heterocycles. The third kappa shape index (κ3) is 3.67. The molecule has 4 N–H and O–H groups in total. The number of carbonyl (C=O) groups is 1. The SMILES string of the molecule is NCC#Cc1cccnc1C(=O)NCCc1ncc[nH]1. The van der Waals surface area contributed by atoms with Crippen molar-refractivity contribution in [2.24, 2.45) is 5.73 Å². The molecular weight excluding hydrogens is 254 g/mol. The van der Waals surface area contributed by atoms with Crippen LogP contribution >= 0.6 is 0 Å². The summed E-state index contributed by atoms with van der Waals surface area (Å²) >= 11 is 0. The first-order chi connectivity index (χ1) is 9.81. The van der Waals surface area contributed by atoms with Crippen LogP contribution in [0.1, 0.15) is 21.9 Å². The van der Waals surface area contributed by atoms with Crippen LogP contribution in [-0.4, -0.2) is 33.9 Å². The number of hydrogen-bond acceptors (Lipinski definition) is 4. The van der Waals surface area contributed by atoms with Crippen molar-refractivity contribution in [3.8, 4) is 11.8 Å². The maximum atomic E-state index is 12.1. The maximum Gasteiger partial charge on any atom is 0.271 e. The van der Waals surface area contributed by atoms with E-state index in [0.717, 1.165) is 5.82 Å². The summed E-state index contributed by atoms with van der Waals surface area (Å²) in [6.45, 7) is 0.723. The van der Waals surface area contributed by atoms with Crippen LogP contribution in [0.15, 0.2) is 30.7 Å². The van der Waals surface area contributed by atoms with Crippen LogP contribution in [0, 0.1) is 11.8 Å². The Bertz CT molecular complexity index is 625. The van der Waals surface area contributed by atoms with E-state index in [2.05, 4.69) is 32.1 Å². The van der Waals surface area contributed by atoms with Crippen molar-refractivity contribution < 1.29 is 4.79 Å². The van der Waals surface area contributed by atoms with Gasteiger partial charge in [-0.15, -0.1) is 0 Å². The molecule has 0 bridgehead atoms. The zero-order valence-electron chi connectivity index (χ0n) is 10.9. The van der Waals surface area contributed by atoms with Gasteiger partial charge >= 0.3 is 0 Å². The second kappa shape index (κ2) is 7.07. The van der Waals surface area contributed by atoms with Crippen LogP contribution in [0.2, 0.25) is 0 Å². The van der Waals surface area contributed by atoms with Crippen molar-refractivity contribution in [2.75, 3.05) is 13.1 Å². The Labute approximate surface area is 116 Å². The standard InChI is InChI=1S/C14H15N5O/c15-6-1-3-11-4-2-7-18-13(11)14(20)19-8-5-12-16-9-10-17-12/h2,4,7,9-10H,5-6,8,15H2,(H,16,17)(H,19,20). The predicted octanol–water partition coefficient (Wildman–Crippen LogP) is 0.0874. The highest BCUT2D eigenvalue weighted by Gasteiger charge is 2.10. The minimum atomic E-state index is -0.251. The number of H-pyrrole nitrogens is 1. The van der Waals surface area contributed by atoms with Crippen molar-refractivity contribution in [2.45, 2.75) is 6.42 Å². The fraction of sp³-hybridized carbons (Fsp3) is 0.214. The van der Waals surface area contributed by atoms with Gasteiger partial charge in [-0.1, -0.05) is 11.8 Å². The van der Waals surface area contributed by atoms with Gasteiger partial charge < -0.3 is 16.0 Å². The molecule has 0 aliphatic carbocycles. The highest BCUT2D eigenvalue weighted by Crippen LogP contribution is 2.03. The molecule has 102 valence electrons. The number of hydrogen-bond donors (Lipinski definition) is 3. The van der Waals surface area contributed by atoms with E-state index in [9.17, 15) is 4.79 Å². The van der Waals surface area contributed by atoms with Crippen molar-refractivity contribution in [3.05, 3.63) is 47.8 Å². The van der Waals surface area contributed by atoms with Gasteiger partial charge in [-0.05, 0) is 12.1 Å². The summed E-state index contributed by atoms with van der Waals surface area (Å²) in [6, 6.07) is 3.48. The molecule has 20 heavy (non-hydrogen) atoms. The lowest BCUT2D eigenvalue weighted by Gasteiger charge is -2.05. The van der Waals surface area contributed by atoms with Gasteiger partial charge in [-0.25, -0.2) is 9.97 Å². The summed E-state index contributed by atoms with van der Waals surface area (Å²) in [5.41, 5.74) is 6.22. The van der Waals surface area contributed by atoms with Gasteiger partial charge in [0, 0.05) is 31.6 Å². The van der Waals surface area contributed by atoms with Gasteiger partial charge in [-0.3, -0.25) is 4.79 Å². The first kappa shape index (κ1) is 13.8. The number of pyridine rings is 1. The zero-order chi connectivity index (χ0) is 14.2. The van der Waals surface area contributed by atoms with Crippen molar-refractivity contribution in [1.29, 1.82) is 0 Å². The molecule has 0 atom stereocenters. The van der Waals surface area contributed by atoms with Crippen LogP contribution in [0.25, 0.3) is 0 Å². The number of rotatable bonds is 4. The zero-order valence-corrected chi connectivity index (χ0v) is 10.9. The number of amides is 1. The number of nitrogens with zero attached hydrogens (tertiary/aromatic N) is 2. The highest BCUT2D eigenvalue weighted by molar-refractivity contribution is 5.94. The molecule has 1 amide bonds. The van der Waals surface area contributed by atoms with Crippen LogP contribution in [0.3, 0.4) is 0 Å². The summed E-state index contributed by atoms with van der Waals surface area (Å²) in [4.78, 5) is 23.2. The molecule has 2 aromatic rings. The highest BCUT2D eigenvalue weighted by atomic mass is 16.1. The summed E-state index contributed by atoms with van der Waals surface area (Å²) in [6.07, 6.45) is 5.62. The Kier molecular flexibility index (Phi) is 4.87. The Balaban J connectivity index is 1.98. The molecule has 0 aliphatic rings. The predicted molar refractivity (Wildman–Crippen MR) is 74.8 cm³/mol. The topological polar surface area (TPSA) is 96.7 Å². The lowest BCUT2D eigenvalue weighted by Crippen LogP contribution is -2.27. The van der Waals surface area contributed by atoms with E-state index >= 15 is 0 Å². The molecule has 0 fully saturated rings. The van der Waals surface area contributed by atoms with Gasteiger partial charge in [0.25, 0.3) is 5.91 Å². The van der Waals surface area contributed by atoms with Crippen molar-refractivity contribution in [3.63, 3.8) is 0 Å². The molecule has 2 aromatic heterocycles. The Morgan fingerprint density at radius 2 is 2.30 bits per heavy atom. The van der Waals surface area contributed by atoms with Gasteiger partial charge in [-0.2, -0.15) is 0 Å². The van der Waals surface area contributed by atoms with E-state index < -0.39 is 0 Å². The smallest absolute Gasteiger partial charge is 0.271 e. The van der Waals surface area contributed by atoms with Crippen molar-refractivity contribution >= 4 is 5.91 Å². The first-order valence-corrected chi connectivity index (χ1v) is 6.21. The molecule has 2 rings (SSSR count). The lowest BCUT2D eigenvalue weighted by molar-refractivity contribution is 0.0949. The molecule has 6 nitrogen and oxygen atoms in total. The summed E-state index contributed by atoms with van der Waals surface area (Å²) in [5.74, 6) is 6.14. The van der Waals surface area contributed by atoms with Gasteiger partial charge in [0.2, 0.25) is 0 Å². The largest absolute Gasteiger partial charge is 0.350 e. The number of aromatic amines is 1. The quantitative estimate of drug-likeness (QED) is 0.685. The molecule has 0 aromatic carbocycles. The number of aromatic nitrogens is 3. The summed E-state index contributed by atoms with van der Waals surface area (Å²) in [5, 5.41) is 2.79. The summed E-state index contributed by atoms with van der Waals surface area (Å²) in [7, 11) is 0. The van der Waals surface area contributed by atoms with Gasteiger partial charge in [0.05, 0.1) is 12.1 Å². The third-order valence-electron chi connectivity index (χ3n) is 2.55. The van der Waals surface area contributed by atoms with E-state index in [1.54, 1.807) is 30.7 Å². The molecule has 2 heterocycles. The fourth-order valence-corrected chi connectivity index (χ4v) is 1.65. The molecular formula is C14H15N5O. The van der Waals surface area contributed by atoms with Gasteiger partial charge in [0.15, 0.2) is 0 Å². The molecule has 0 unspecified atom stereocenters. The van der Waals surface area contributed by atoms with E-state index in [1.165, 1.54) is 0 Å². The molecule has 0 radical (unpaired) electrons. The van der Waals surface area contributed by atoms with Crippen LogP contribution < -0.4 is 11.1 Å². The Morgan fingerprint density at radius 3 is 3.05 bits per heavy atom. The van der Waals surface area contributed by atoms with E-state index in [1.807, 2.05) is 0 Å². The second-order valence-corrected chi connectivity index (χ2v) is 3.95. The average molecular weight is 269 g/mol. The maximum absolute atomic E-state index is 12.1. The minimum absolute atomic E-state index is 0.244. The molecule has 0 aliphatic heterocycles. The van der Waals surface area contributed by atoms with E-state index in [-0.39, 0.29) is 12.5 Å². The first-order valence-electron chi connectivity index (χ1n) is 6.21.